The van der Waals surface area contributed by atoms with Crippen LogP contribution in [-0.2, 0) is 11.8 Å². The molecule has 0 saturated carbocycles. The highest BCUT2D eigenvalue weighted by Crippen LogP contribution is 2.13. The second-order valence-corrected chi connectivity index (χ2v) is 6.44. The summed E-state index contributed by atoms with van der Waals surface area (Å²) >= 11 is 0. The van der Waals surface area contributed by atoms with Crippen molar-refractivity contribution in [2.75, 3.05) is 19.6 Å². The van der Waals surface area contributed by atoms with Gasteiger partial charge in [-0.3, -0.25) is 4.90 Å². The Kier molecular flexibility index (Phi) is 5.95. The molecule has 23 heavy (non-hydrogen) atoms. The number of rotatable bonds is 5. The maximum absolute atomic E-state index is 12.1. The van der Waals surface area contributed by atoms with Gasteiger partial charge >= 0.3 is 6.03 Å². The number of urea groups is 1. The minimum Gasteiger partial charge on any atom is -0.373 e. The summed E-state index contributed by atoms with van der Waals surface area (Å²) in [5.41, 5.74) is 0. The summed E-state index contributed by atoms with van der Waals surface area (Å²) in [6, 6.07) is -0.123. The van der Waals surface area contributed by atoms with Crippen molar-refractivity contribution in [1.82, 2.24) is 30.3 Å². The minimum absolute atomic E-state index is 0.193. The third kappa shape index (κ3) is 4.90. The smallest absolute Gasteiger partial charge is 0.315 e. The molecule has 0 spiro atoms. The Bertz CT molecular complexity index is 510. The van der Waals surface area contributed by atoms with E-state index >= 15 is 0 Å². The number of amides is 2. The van der Waals surface area contributed by atoms with E-state index in [1.54, 1.807) is 10.9 Å². The van der Waals surface area contributed by atoms with Gasteiger partial charge in [0, 0.05) is 32.7 Å². The summed E-state index contributed by atoms with van der Waals surface area (Å²) in [4.78, 5) is 14.4. The number of carbonyl (C=O) groups excluding carboxylic acids is 1. The van der Waals surface area contributed by atoms with Crippen molar-refractivity contribution in [3.8, 4) is 0 Å². The Morgan fingerprint density at radius 1 is 1.39 bits per heavy atom. The van der Waals surface area contributed by atoms with E-state index in [1.807, 2.05) is 14.0 Å². The van der Waals surface area contributed by atoms with E-state index in [9.17, 15) is 4.79 Å². The maximum Gasteiger partial charge on any atom is 0.315 e. The Morgan fingerprint density at radius 2 is 2.04 bits per heavy atom. The molecule has 0 radical (unpaired) electrons. The molecule has 2 heterocycles. The minimum atomic E-state index is -0.193. The monoisotopic (exact) mass is 324 g/mol. The maximum atomic E-state index is 12.1. The molecular formula is C15H28N6O2. The van der Waals surface area contributed by atoms with Crippen LogP contribution in [0.25, 0.3) is 0 Å². The first kappa shape index (κ1) is 17.7. The summed E-state index contributed by atoms with van der Waals surface area (Å²) in [6.07, 6.45) is 2.07. The van der Waals surface area contributed by atoms with E-state index < -0.39 is 0 Å². The number of aryl methyl sites for hydroxylation is 1. The lowest BCUT2D eigenvalue weighted by atomic mass is 10.2. The summed E-state index contributed by atoms with van der Waals surface area (Å²) < 4.78 is 7.54. The van der Waals surface area contributed by atoms with Crippen molar-refractivity contribution in [2.45, 2.75) is 52.0 Å². The molecule has 2 N–H and O–H groups in total. The van der Waals surface area contributed by atoms with Crippen molar-refractivity contribution in [2.24, 2.45) is 7.05 Å². The molecule has 1 saturated heterocycles. The molecule has 0 aliphatic carbocycles. The first-order valence-electron chi connectivity index (χ1n) is 8.14. The van der Waals surface area contributed by atoms with Gasteiger partial charge in [-0.15, -0.1) is 10.2 Å². The molecule has 1 aromatic rings. The highest BCUT2D eigenvalue weighted by molar-refractivity contribution is 5.74. The Morgan fingerprint density at radius 3 is 2.61 bits per heavy atom. The highest BCUT2D eigenvalue weighted by atomic mass is 16.5. The predicted octanol–water partition coefficient (Wildman–Crippen LogP) is 0.673. The lowest BCUT2D eigenvalue weighted by molar-refractivity contribution is -0.0778. The molecule has 2 rings (SSSR count). The zero-order valence-electron chi connectivity index (χ0n) is 14.6. The molecular weight excluding hydrogens is 296 g/mol. The fourth-order valence-corrected chi connectivity index (χ4v) is 2.94. The fourth-order valence-electron chi connectivity index (χ4n) is 2.94. The van der Waals surface area contributed by atoms with Crippen LogP contribution in [0.1, 0.15) is 39.6 Å². The first-order valence-corrected chi connectivity index (χ1v) is 8.14. The molecule has 0 unspecified atom stereocenters. The summed E-state index contributed by atoms with van der Waals surface area (Å²) in [5, 5.41) is 13.6. The van der Waals surface area contributed by atoms with Crippen LogP contribution in [0.3, 0.4) is 0 Å². The average Bonchev–Trinajstić information content (AvgIpc) is 2.90. The summed E-state index contributed by atoms with van der Waals surface area (Å²) in [6.45, 7) is 10.6. The van der Waals surface area contributed by atoms with Gasteiger partial charge in [0.05, 0.1) is 18.2 Å². The molecule has 0 bridgehead atoms. The zero-order chi connectivity index (χ0) is 17.0. The van der Waals surface area contributed by atoms with Gasteiger partial charge < -0.3 is 19.9 Å². The first-order chi connectivity index (χ1) is 10.9. The van der Waals surface area contributed by atoms with Gasteiger partial charge in [0.2, 0.25) is 0 Å². The molecule has 1 aliphatic heterocycles. The van der Waals surface area contributed by atoms with Crippen LogP contribution in [0.2, 0.25) is 0 Å². The van der Waals surface area contributed by atoms with Gasteiger partial charge in [0.25, 0.3) is 0 Å². The SMILES string of the molecule is C[C@@H]1CN([C@H](C)CNC(=O)N[C@H](C)c2nncn2C)C[C@H](C)O1. The van der Waals surface area contributed by atoms with Crippen LogP contribution in [-0.4, -0.2) is 63.6 Å². The lowest BCUT2D eigenvalue weighted by Crippen LogP contribution is -2.53. The number of nitrogens with one attached hydrogen (secondary N) is 2. The standard InChI is InChI=1S/C15H28N6O2/c1-10(21-7-11(2)23-12(3)8-21)6-16-15(22)18-13(4)14-19-17-9-20(14)5/h9-13H,6-8H2,1-5H3,(H2,16,18,22)/t10-,11-,12+,13-/m1/s1. The van der Waals surface area contributed by atoms with Crippen LogP contribution in [0.15, 0.2) is 6.33 Å². The van der Waals surface area contributed by atoms with Crippen LogP contribution < -0.4 is 10.6 Å². The van der Waals surface area contributed by atoms with Gasteiger partial charge in [-0.2, -0.15) is 0 Å². The quantitative estimate of drug-likeness (QED) is 0.832. The number of hydrogen-bond donors (Lipinski definition) is 2. The molecule has 8 heteroatoms. The van der Waals surface area contributed by atoms with E-state index in [2.05, 4.69) is 46.5 Å². The van der Waals surface area contributed by atoms with Crippen LogP contribution in [0, 0.1) is 0 Å². The number of hydrogen-bond acceptors (Lipinski definition) is 5. The molecule has 1 fully saturated rings. The number of ether oxygens (including phenoxy) is 1. The summed E-state index contributed by atoms with van der Waals surface area (Å²) in [7, 11) is 1.86. The molecule has 8 nitrogen and oxygen atoms in total. The summed E-state index contributed by atoms with van der Waals surface area (Å²) in [5.74, 6) is 0.726. The Balaban J connectivity index is 1.76. The lowest BCUT2D eigenvalue weighted by Gasteiger charge is -2.39. The number of carbonyl (C=O) groups is 1. The van der Waals surface area contributed by atoms with Gasteiger partial charge in [0.1, 0.15) is 6.33 Å². The average molecular weight is 324 g/mol. The van der Waals surface area contributed by atoms with E-state index in [-0.39, 0.29) is 30.3 Å². The van der Waals surface area contributed by atoms with Gasteiger partial charge in [-0.25, -0.2) is 4.79 Å². The Hall–Kier alpha value is -1.67. The molecule has 130 valence electrons. The number of aromatic nitrogens is 3. The van der Waals surface area contributed by atoms with Crippen molar-refractivity contribution in [1.29, 1.82) is 0 Å². The van der Waals surface area contributed by atoms with Gasteiger partial charge in [-0.1, -0.05) is 0 Å². The third-order valence-corrected chi connectivity index (χ3v) is 4.11. The van der Waals surface area contributed by atoms with Crippen molar-refractivity contribution < 1.29 is 9.53 Å². The van der Waals surface area contributed by atoms with Gasteiger partial charge in [0.15, 0.2) is 5.82 Å². The largest absolute Gasteiger partial charge is 0.373 e. The van der Waals surface area contributed by atoms with Crippen LogP contribution in [0.5, 0.6) is 0 Å². The van der Waals surface area contributed by atoms with E-state index in [0.29, 0.717) is 6.54 Å². The van der Waals surface area contributed by atoms with E-state index in [4.69, 9.17) is 4.74 Å². The normalized spacial score (nSPS) is 24.9. The fraction of sp³-hybridized carbons (Fsp3) is 0.800. The van der Waals surface area contributed by atoms with Crippen molar-refractivity contribution in [3.05, 3.63) is 12.2 Å². The molecule has 4 atom stereocenters. The van der Waals surface area contributed by atoms with E-state index in [1.165, 1.54) is 0 Å². The van der Waals surface area contributed by atoms with Gasteiger partial charge in [-0.05, 0) is 27.7 Å². The van der Waals surface area contributed by atoms with Crippen molar-refractivity contribution >= 4 is 6.03 Å². The Labute approximate surface area is 137 Å². The predicted molar refractivity (Wildman–Crippen MR) is 87.0 cm³/mol. The molecule has 0 aromatic carbocycles. The number of morpholine rings is 1. The zero-order valence-corrected chi connectivity index (χ0v) is 14.6. The molecule has 2 amide bonds. The number of nitrogens with zero attached hydrogens (tertiary/aromatic N) is 4. The van der Waals surface area contributed by atoms with Crippen molar-refractivity contribution in [3.63, 3.8) is 0 Å². The molecule has 1 aliphatic rings. The van der Waals surface area contributed by atoms with Crippen LogP contribution in [0.4, 0.5) is 4.79 Å². The second kappa shape index (κ2) is 7.74. The second-order valence-electron chi connectivity index (χ2n) is 6.44. The van der Waals surface area contributed by atoms with Crippen LogP contribution >= 0.6 is 0 Å². The third-order valence-electron chi connectivity index (χ3n) is 4.11. The van der Waals surface area contributed by atoms with E-state index in [0.717, 1.165) is 18.9 Å². The molecule has 1 aromatic heterocycles. The highest BCUT2D eigenvalue weighted by Gasteiger charge is 2.26. The topological polar surface area (TPSA) is 84.3 Å².